The quantitative estimate of drug-likeness (QED) is 0.199. The van der Waals surface area contributed by atoms with E-state index in [2.05, 4.69) is 72.6 Å². The molecule has 7 aromatic rings. The minimum Gasteiger partial charge on any atom is -0.435 e. The predicted octanol–water partition coefficient (Wildman–Crippen LogP) is 9.67. The smallest absolute Gasteiger partial charge is 0.248 e. The molecule has 0 aliphatic rings. The van der Waals surface area contributed by atoms with Crippen molar-refractivity contribution in [2.24, 2.45) is 0 Å². The number of hydrogen-bond acceptors (Lipinski definition) is 5. The molecule has 0 unspecified atom stereocenters. The molecule has 0 radical (unpaired) electrons. The van der Waals surface area contributed by atoms with E-state index < -0.39 is 0 Å². The Morgan fingerprint density at radius 2 is 1.10 bits per heavy atom. The Balaban J connectivity index is 1.21. The van der Waals surface area contributed by atoms with Gasteiger partial charge in [-0.05, 0) is 83.1 Å². The van der Waals surface area contributed by atoms with Crippen molar-refractivity contribution in [2.45, 2.75) is 26.7 Å². The van der Waals surface area contributed by atoms with Crippen molar-refractivity contribution in [2.75, 3.05) is 0 Å². The van der Waals surface area contributed by atoms with E-state index in [1.165, 1.54) is 22.3 Å². The van der Waals surface area contributed by atoms with E-state index in [-0.39, 0.29) is 0 Å². The molecule has 5 nitrogen and oxygen atoms in total. The first-order chi connectivity index (χ1) is 20.7. The summed E-state index contributed by atoms with van der Waals surface area (Å²) in [6.07, 6.45) is 1.92. The zero-order chi connectivity index (χ0) is 28.5. The molecule has 5 aromatic carbocycles. The molecule has 42 heavy (non-hydrogen) atoms. The van der Waals surface area contributed by atoms with Crippen LogP contribution in [0.2, 0.25) is 0 Å². The maximum absolute atomic E-state index is 6.44. The molecule has 0 bridgehead atoms. The third kappa shape index (κ3) is 4.69. The Kier molecular flexibility index (Phi) is 6.68. The van der Waals surface area contributed by atoms with Crippen LogP contribution < -0.4 is 0 Å². The van der Waals surface area contributed by atoms with E-state index in [4.69, 9.17) is 13.8 Å². The molecule has 7 rings (SSSR count). The van der Waals surface area contributed by atoms with Crippen molar-refractivity contribution < 1.29 is 8.83 Å². The summed E-state index contributed by atoms with van der Waals surface area (Å²) >= 11 is 0. The molecular formula is C37H29N3O2. The van der Waals surface area contributed by atoms with Crippen LogP contribution in [0.5, 0.6) is 0 Å². The molecule has 0 N–H and O–H groups in total. The number of rotatable bonds is 7. The molecule has 2 heterocycles. The Bertz CT molecular complexity index is 2000. The van der Waals surface area contributed by atoms with Gasteiger partial charge in [0.1, 0.15) is 5.52 Å². The summed E-state index contributed by atoms with van der Waals surface area (Å²) in [7, 11) is 0. The first-order valence-corrected chi connectivity index (χ1v) is 14.3. The average molecular weight is 548 g/mol. The zero-order valence-electron chi connectivity index (χ0n) is 23.5. The van der Waals surface area contributed by atoms with E-state index in [0.717, 1.165) is 51.8 Å². The zero-order valence-corrected chi connectivity index (χ0v) is 23.5. The van der Waals surface area contributed by atoms with Gasteiger partial charge in [0.2, 0.25) is 17.7 Å². The summed E-state index contributed by atoms with van der Waals surface area (Å²) < 4.78 is 12.4. The minimum absolute atomic E-state index is 0.484. The minimum atomic E-state index is 0.484. The van der Waals surface area contributed by atoms with Gasteiger partial charge in [-0.15, -0.1) is 10.2 Å². The van der Waals surface area contributed by atoms with Crippen LogP contribution in [-0.2, 0) is 12.8 Å². The topological polar surface area (TPSA) is 65.0 Å². The number of aryl methyl sites for hydroxylation is 2. The third-order valence-electron chi connectivity index (χ3n) is 7.73. The highest BCUT2D eigenvalue weighted by molar-refractivity contribution is 5.92. The van der Waals surface area contributed by atoms with Crippen LogP contribution in [0, 0.1) is 0 Å². The van der Waals surface area contributed by atoms with Crippen LogP contribution in [0.4, 0.5) is 0 Å². The van der Waals surface area contributed by atoms with E-state index in [1.54, 1.807) is 0 Å². The Morgan fingerprint density at radius 3 is 1.86 bits per heavy atom. The van der Waals surface area contributed by atoms with E-state index in [0.29, 0.717) is 17.7 Å². The van der Waals surface area contributed by atoms with Crippen molar-refractivity contribution in [3.8, 4) is 56.6 Å². The Hall–Kier alpha value is -5.29. The molecule has 0 saturated carbocycles. The number of benzene rings is 5. The Labute approximate surface area is 244 Å². The van der Waals surface area contributed by atoms with Gasteiger partial charge in [-0.1, -0.05) is 86.6 Å². The lowest BCUT2D eigenvalue weighted by molar-refractivity contribution is 0.584. The van der Waals surface area contributed by atoms with Gasteiger partial charge in [0.15, 0.2) is 5.58 Å². The molecule has 0 aliphatic carbocycles. The second-order valence-electron chi connectivity index (χ2n) is 10.3. The molecule has 0 amide bonds. The summed E-state index contributed by atoms with van der Waals surface area (Å²) in [5.74, 6) is 1.61. The number of aromatic nitrogens is 3. The number of oxazole rings is 1. The van der Waals surface area contributed by atoms with Gasteiger partial charge in [0.05, 0.1) is 0 Å². The standard InChI is InChI=1S/C37H29N3O2/c1-3-24-11-8-9-14-30(24)31-22-21-29(23-25(31)4-2)35-38-33-16-10-15-32(34(33)41-35)26-17-19-28(20-18-26)37-40-39-36(42-37)27-12-6-5-7-13-27/h5-23H,3-4H2,1-2H3. The number of para-hydroxylation sites is 1. The van der Waals surface area contributed by atoms with Gasteiger partial charge in [-0.25, -0.2) is 4.98 Å². The van der Waals surface area contributed by atoms with Crippen molar-refractivity contribution >= 4 is 11.1 Å². The van der Waals surface area contributed by atoms with Crippen molar-refractivity contribution in [3.05, 3.63) is 126 Å². The molecule has 0 fully saturated rings. The fourth-order valence-electron chi connectivity index (χ4n) is 5.50. The van der Waals surface area contributed by atoms with Crippen LogP contribution in [0.25, 0.3) is 67.7 Å². The van der Waals surface area contributed by atoms with Gasteiger partial charge in [-0.3, -0.25) is 0 Å². The van der Waals surface area contributed by atoms with Crippen molar-refractivity contribution in [1.82, 2.24) is 15.2 Å². The summed E-state index contributed by atoms with van der Waals surface area (Å²) in [6.45, 7) is 4.40. The molecule has 0 saturated heterocycles. The van der Waals surface area contributed by atoms with Gasteiger partial charge in [0, 0.05) is 22.3 Å². The largest absolute Gasteiger partial charge is 0.435 e. The van der Waals surface area contributed by atoms with Gasteiger partial charge in [-0.2, -0.15) is 0 Å². The monoisotopic (exact) mass is 547 g/mol. The van der Waals surface area contributed by atoms with Crippen LogP contribution in [-0.4, -0.2) is 15.2 Å². The number of fused-ring (bicyclic) bond motifs is 1. The molecule has 0 spiro atoms. The fourth-order valence-corrected chi connectivity index (χ4v) is 5.50. The van der Waals surface area contributed by atoms with Crippen LogP contribution in [0.3, 0.4) is 0 Å². The second-order valence-corrected chi connectivity index (χ2v) is 10.3. The van der Waals surface area contributed by atoms with E-state index >= 15 is 0 Å². The van der Waals surface area contributed by atoms with Crippen LogP contribution in [0.1, 0.15) is 25.0 Å². The van der Waals surface area contributed by atoms with Crippen LogP contribution in [0.15, 0.2) is 124 Å². The number of nitrogens with zero attached hydrogens (tertiary/aromatic N) is 3. The van der Waals surface area contributed by atoms with E-state index in [1.807, 2.05) is 66.7 Å². The van der Waals surface area contributed by atoms with Crippen molar-refractivity contribution in [3.63, 3.8) is 0 Å². The van der Waals surface area contributed by atoms with Gasteiger partial charge >= 0.3 is 0 Å². The predicted molar refractivity (Wildman–Crippen MR) is 168 cm³/mol. The second kappa shape index (κ2) is 10.9. The normalized spacial score (nSPS) is 11.3. The summed E-state index contributed by atoms with van der Waals surface area (Å²) in [5, 5.41) is 8.48. The maximum atomic E-state index is 6.44. The average Bonchev–Trinajstić information content (AvgIpc) is 3.73. The maximum Gasteiger partial charge on any atom is 0.248 e. The summed E-state index contributed by atoms with van der Waals surface area (Å²) in [6, 6.07) is 39.1. The highest BCUT2D eigenvalue weighted by atomic mass is 16.4. The van der Waals surface area contributed by atoms with E-state index in [9.17, 15) is 0 Å². The Morgan fingerprint density at radius 1 is 0.476 bits per heavy atom. The highest BCUT2D eigenvalue weighted by Gasteiger charge is 2.16. The lowest BCUT2D eigenvalue weighted by Crippen LogP contribution is -1.93. The number of hydrogen-bond donors (Lipinski definition) is 0. The summed E-state index contributed by atoms with van der Waals surface area (Å²) in [4.78, 5) is 4.88. The van der Waals surface area contributed by atoms with Gasteiger partial charge < -0.3 is 8.83 Å². The lowest BCUT2D eigenvalue weighted by Gasteiger charge is -2.13. The first kappa shape index (κ1) is 25.7. The molecule has 0 aliphatic heterocycles. The lowest BCUT2D eigenvalue weighted by atomic mass is 9.92. The summed E-state index contributed by atoms with van der Waals surface area (Å²) in [5.41, 5.74) is 11.5. The highest BCUT2D eigenvalue weighted by Crippen LogP contribution is 2.36. The third-order valence-corrected chi connectivity index (χ3v) is 7.73. The molecule has 2 aromatic heterocycles. The molecule has 5 heteroatoms. The molecule has 0 atom stereocenters. The first-order valence-electron chi connectivity index (χ1n) is 14.3. The van der Waals surface area contributed by atoms with Crippen molar-refractivity contribution in [1.29, 1.82) is 0 Å². The SMILES string of the molecule is CCc1ccccc1-c1ccc(-c2nc3cccc(-c4ccc(-c5nnc(-c6ccccc6)o5)cc4)c3o2)cc1CC. The molecule has 204 valence electrons. The van der Waals surface area contributed by atoms with Crippen LogP contribution >= 0.6 is 0 Å². The van der Waals surface area contributed by atoms with Gasteiger partial charge in [0.25, 0.3) is 0 Å². The fraction of sp³-hybridized carbons (Fsp3) is 0.108. The molecular weight excluding hydrogens is 518 g/mol.